The summed E-state index contributed by atoms with van der Waals surface area (Å²) < 4.78 is 2.75. The summed E-state index contributed by atoms with van der Waals surface area (Å²) in [5.74, 6) is 0.603. The van der Waals surface area contributed by atoms with E-state index in [-0.39, 0.29) is 5.56 Å². The van der Waals surface area contributed by atoms with E-state index in [9.17, 15) is 4.79 Å². The lowest BCUT2D eigenvalue weighted by Gasteiger charge is -2.09. The van der Waals surface area contributed by atoms with E-state index in [2.05, 4.69) is 22.0 Å². The Hall–Kier alpha value is -1.09. The monoisotopic (exact) mass is 277 g/mol. The van der Waals surface area contributed by atoms with Gasteiger partial charge in [0.25, 0.3) is 5.56 Å². The van der Waals surface area contributed by atoms with Crippen LogP contribution >= 0.6 is 15.9 Å². The van der Waals surface area contributed by atoms with Gasteiger partial charge < -0.3 is 4.57 Å². The molecular formula is C13H12BrNO. The van der Waals surface area contributed by atoms with Crippen LogP contribution in [0.3, 0.4) is 0 Å². The maximum absolute atomic E-state index is 12.2. The predicted octanol–water partition coefficient (Wildman–Crippen LogP) is 3.18. The van der Waals surface area contributed by atoms with E-state index in [1.54, 1.807) is 4.57 Å². The quantitative estimate of drug-likeness (QED) is 0.785. The Morgan fingerprint density at radius 3 is 2.75 bits per heavy atom. The topological polar surface area (TPSA) is 22.0 Å². The van der Waals surface area contributed by atoms with Gasteiger partial charge in [-0.25, -0.2) is 0 Å². The zero-order valence-electron chi connectivity index (χ0n) is 9.03. The number of halogens is 1. The average Bonchev–Trinajstić information content (AvgIpc) is 3.08. The van der Waals surface area contributed by atoms with Gasteiger partial charge in [-0.2, -0.15) is 0 Å². The molecule has 3 rings (SSSR count). The summed E-state index contributed by atoms with van der Waals surface area (Å²) >= 11 is 3.40. The van der Waals surface area contributed by atoms with Gasteiger partial charge in [-0.05, 0) is 42.3 Å². The lowest BCUT2D eigenvalue weighted by Crippen LogP contribution is -2.20. The predicted molar refractivity (Wildman–Crippen MR) is 68.9 cm³/mol. The summed E-state index contributed by atoms with van der Waals surface area (Å²) in [7, 11) is 1.87. The van der Waals surface area contributed by atoms with Gasteiger partial charge in [0.05, 0.1) is 0 Å². The van der Waals surface area contributed by atoms with Gasteiger partial charge in [-0.15, -0.1) is 0 Å². The molecule has 1 aromatic heterocycles. The highest BCUT2D eigenvalue weighted by Crippen LogP contribution is 2.40. The summed E-state index contributed by atoms with van der Waals surface area (Å²) in [4.78, 5) is 12.2. The fourth-order valence-electron chi connectivity index (χ4n) is 2.16. The molecule has 1 aromatic carbocycles. The summed E-state index contributed by atoms with van der Waals surface area (Å²) in [5.41, 5.74) is 1.29. The average molecular weight is 278 g/mol. The van der Waals surface area contributed by atoms with Crippen LogP contribution in [0.4, 0.5) is 0 Å². The molecule has 2 nitrogen and oxygen atoms in total. The maximum atomic E-state index is 12.2. The first-order valence-corrected chi connectivity index (χ1v) is 6.25. The van der Waals surface area contributed by atoms with Crippen molar-refractivity contribution in [2.75, 3.05) is 0 Å². The molecular weight excluding hydrogens is 266 g/mol. The zero-order chi connectivity index (χ0) is 11.3. The Labute approximate surface area is 102 Å². The Kier molecular flexibility index (Phi) is 2.18. The Morgan fingerprint density at radius 1 is 1.31 bits per heavy atom. The van der Waals surface area contributed by atoms with Crippen molar-refractivity contribution in [3.05, 3.63) is 44.8 Å². The van der Waals surface area contributed by atoms with Crippen molar-refractivity contribution in [2.45, 2.75) is 18.8 Å². The van der Waals surface area contributed by atoms with Gasteiger partial charge in [0.2, 0.25) is 0 Å². The molecule has 1 aliphatic rings. The molecule has 0 saturated heterocycles. The first-order chi connectivity index (χ1) is 7.66. The molecule has 0 bridgehead atoms. The molecule has 0 atom stereocenters. The van der Waals surface area contributed by atoms with Crippen molar-refractivity contribution in [3.8, 4) is 0 Å². The summed E-state index contributed by atoms with van der Waals surface area (Å²) in [6.07, 6.45) is 2.44. The van der Waals surface area contributed by atoms with Crippen molar-refractivity contribution >= 4 is 26.7 Å². The Morgan fingerprint density at radius 2 is 2.06 bits per heavy atom. The van der Waals surface area contributed by atoms with Crippen LogP contribution in [0, 0.1) is 0 Å². The first-order valence-electron chi connectivity index (χ1n) is 5.46. The minimum absolute atomic E-state index is 0.112. The van der Waals surface area contributed by atoms with Gasteiger partial charge in [0, 0.05) is 22.6 Å². The normalized spacial score (nSPS) is 15.6. The molecule has 3 heteroatoms. The number of rotatable bonds is 1. The molecule has 0 radical (unpaired) electrons. The second-order valence-corrected chi connectivity index (χ2v) is 5.35. The summed E-state index contributed by atoms with van der Waals surface area (Å²) in [6, 6.07) is 8.04. The van der Waals surface area contributed by atoms with E-state index in [1.165, 1.54) is 18.5 Å². The fraction of sp³-hybridized carbons (Fsp3) is 0.308. The number of hydrogen-bond donors (Lipinski definition) is 0. The summed E-state index contributed by atoms with van der Waals surface area (Å²) in [6.45, 7) is 0. The highest BCUT2D eigenvalue weighted by Gasteiger charge is 2.26. The minimum atomic E-state index is 0.112. The number of pyridine rings is 1. The molecule has 1 fully saturated rings. The number of benzene rings is 1. The van der Waals surface area contributed by atoms with Crippen molar-refractivity contribution in [1.29, 1.82) is 0 Å². The van der Waals surface area contributed by atoms with Crippen LogP contribution in [0.5, 0.6) is 0 Å². The second kappa shape index (κ2) is 3.45. The smallest absolute Gasteiger partial charge is 0.258 e. The second-order valence-electron chi connectivity index (χ2n) is 4.44. The van der Waals surface area contributed by atoms with Crippen molar-refractivity contribution < 1.29 is 0 Å². The van der Waals surface area contributed by atoms with Crippen LogP contribution < -0.4 is 5.56 Å². The van der Waals surface area contributed by atoms with E-state index in [0.717, 1.165) is 15.2 Å². The third-order valence-corrected chi connectivity index (χ3v) is 3.73. The molecule has 0 N–H and O–H groups in total. The van der Waals surface area contributed by atoms with Crippen LogP contribution in [0.1, 0.15) is 24.5 Å². The standard InChI is InChI=1S/C13H12BrNO/c1-15-12(8-2-3-8)6-9-4-5-10(14)7-11(9)13(15)16/h4-8H,2-3H2,1H3. The Balaban J connectivity index is 2.38. The molecule has 1 saturated carbocycles. The van der Waals surface area contributed by atoms with Gasteiger partial charge in [-0.3, -0.25) is 4.79 Å². The molecule has 0 unspecified atom stereocenters. The van der Waals surface area contributed by atoms with E-state index in [0.29, 0.717) is 5.92 Å². The van der Waals surface area contributed by atoms with Crippen LogP contribution in [-0.2, 0) is 7.05 Å². The molecule has 1 heterocycles. The lowest BCUT2D eigenvalue weighted by molar-refractivity contribution is 0.786. The highest BCUT2D eigenvalue weighted by atomic mass is 79.9. The third-order valence-electron chi connectivity index (χ3n) is 3.24. The molecule has 16 heavy (non-hydrogen) atoms. The molecule has 0 amide bonds. The number of aromatic nitrogens is 1. The molecule has 82 valence electrons. The Bertz CT molecular complexity index is 626. The fourth-order valence-corrected chi connectivity index (χ4v) is 2.53. The van der Waals surface area contributed by atoms with E-state index >= 15 is 0 Å². The van der Waals surface area contributed by atoms with E-state index < -0.39 is 0 Å². The zero-order valence-corrected chi connectivity index (χ0v) is 10.6. The molecule has 2 aromatic rings. The third kappa shape index (κ3) is 1.50. The number of fused-ring (bicyclic) bond motifs is 1. The van der Waals surface area contributed by atoms with Crippen molar-refractivity contribution in [2.24, 2.45) is 7.05 Å². The van der Waals surface area contributed by atoms with Crippen LogP contribution in [-0.4, -0.2) is 4.57 Å². The van der Waals surface area contributed by atoms with Gasteiger partial charge >= 0.3 is 0 Å². The van der Waals surface area contributed by atoms with Crippen molar-refractivity contribution in [1.82, 2.24) is 4.57 Å². The lowest BCUT2D eigenvalue weighted by atomic mass is 10.1. The van der Waals surface area contributed by atoms with Gasteiger partial charge in [0.15, 0.2) is 0 Å². The van der Waals surface area contributed by atoms with Crippen molar-refractivity contribution in [3.63, 3.8) is 0 Å². The highest BCUT2D eigenvalue weighted by molar-refractivity contribution is 9.10. The maximum Gasteiger partial charge on any atom is 0.258 e. The SMILES string of the molecule is Cn1c(C2CC2)cc2ccc(Br)cc2c1=O. The summed E-state index contributed by atoms with van der Waals surface area (Å²) in [5, 5.41) is 1.84. The van der Waals surface area contributed by atoms with Gasteiger partial charge in [-0.1, -0.05) is 22.0 Å². The van der Waals surface area contributed by atoms with Crippen LogP contribution in [0.2, 0.25) is 0 Å². The number of hydrogen-bond acceptors (Lipinski definition) is 1. The van der Waals surface area contributed by atoms with E-state index in [1.807, 2.05) is 25.2 Å². The van der Waals surface area contributed by atoms with Crippen LogP contribution in [0.15, 0.2) is 33.5 Å². The van der Waals surface area contributed by atoms with Gasteiger partial charge in [0.1, 0.15) is 0 Å². The largest absolute Gasteiger partial charge is 0.315 e. The first kappa shape index (κ1) is 10.1. The van der Waals surface area contributed by atoms with E-state index in [4.69, 9.17) is 0 Å². The molecule has 0 aliphatic heterocycles. The molecule has 0 spiro atoms. The van der Waals surface area contributed by atoms with Crippen LogP contribution in [0.25, 0.3) is 10.8 Å². The number of nitrogens with zero attached hydrogens (tertiary/aromatic N) is 1. The molecule has 1 aliphatic carbocycles. The minimum Gasteiger partial charge on any atom is -0.315 e.